The van der Waals surface area contributed by atoms with Crippen molar-refractivity contribution < 1.29 is 14.1 Å². The van der Waals surface area contributed by atoms with Gasteiger partial charge in [0.05, 0.1) is 13.3 Å². The van der Waals surface area contributed by atoms with E-state index in [1.54, 1.807) is 6.26 Å². The molecule has 1 aromatic heterocycles. The number of aryl methyl sites for hydroxylation is 1. The molecule has 2 rings (SSSR count). The molecule has 1 aromatic carbocycles. The second-order valence-corrected chi connectivity index (χ2v) is 5.36. The van der Waals surface area contributed by atoms with Gasteiger partial charge in [0.2, 0.25) is 0 Å². The minimum atomic E-state index is -0.152. The van der Waals surface area contributed by atoms with E-state index in [1.807, 2.05) is 50.4 Å². The van der Waals surface area contributed by atoms with Crippen LogP contribution in [0, 0.1) is 0 Å². The van der Waals surface area contributed by atoms with Gasteiger partial charge in [-0.05, 0) is 43.2 Å². The van der Waals surface area contributed by atoms with Crippen molar-refractivity contribution in [2.75, 3.05) is 12.4 Å². The fraction of sp³-hybridized carbons (Fsp3) is 0.353. The summed E-state index contributed by atoms with van der Waals surface area (Å²) in [5.74, 6) is 0.905. The molecule has 0 saturated carbocycles. The van der Waals surface area contributed by atoms with Crippen molar-refractivity contribution in [3.05, 3.63) is 54.0 Å². The summed E-state index contributed by atoms with van der Waals surface area (Å²) in [5, 5.41) is 2.96. The predicted molar refractivity (Wildman–Crippen MR) is 83.2 cm³/mol. The Morgan fingerprint density at radius 2 is 2.00 bits per heavy atom. The van der Waals surface area contributed by atoms with Crippen LogP contribution in [0.1, 0.15) is 25.2 Å². The molecule has 4 nitrogen and oxygen atoms in total. The van der Waals surface area contributed by atoms with Gasteiger partial charge in [0, 0.05) is 5.69 Å². The molecule has 1 unspecified atom stereocenters. The van der Waals surface area contributed by atoms with Gasteiger partial charge in [-0.25, -0.2) is 0 Å². The first-order valence-corrected chi connectivity index (χ1v) is 7.34. The quantitative estimate of drug-likeness (QED) is 0.852. The van der Waals surface area contributed by atoms with Crippen LogP contribution in [0.3, 0.4) is 0 Å². The number of amides is 1. The molecular weight excluding hydrogens is 264 g/mol. The SMILES string of the molecule is CCc1ccc(NC(=O)[C@@H](C)[NH+](C)Cc2ccco2)cc1. The molecule has 21 heavy (non-hydrogen) atoms. The van der Waals surface area contributed by atoms with Crippen LogP contribution in [0.25, 0.3) is 0 Å². The first-order valence-electron chi connectivity index (χ1n) is 7.34. The summed E-state index contributed by atoms with van der Waals surface area (Å²) in [4.78, 5) is 13.4. The lowest BCUT2D eigenvalue weighted by atomic mass is 10.1. The second kappa shape index (κ2) is 7.09. The van der Waals surface area contributed by atoms with Crippen molar-refractivity contribution in [1.82, 2.24) is 0 Å². The number of quaternary nitrogens is 1. The van der Waals surface area contributed by atoms with E-state index >= 15 is 0 Å². The number of hydrogen-bond donors (Lipinski definition) is 2. The fourth-order valence-corrected chi connectivity index (χ4v) is 2.14. The number of rotatable bonds is 6. The van der Waals surface area contributed by atoms with E-state index < -0.39 is 0 Å². The van der Waals surface area contributed by atoms with E-state index in [0.717, 1.165) is 22.8 Å². The molecule has 2 atom stereocenters. The maximum atomic E-state index is 12.3. The molecule has 0 saturated heterocycles. The summed E-state index contributed by atoms with van der Waals surface area (Å²) in [6.07, 6.45) is 2.66. The summed E-state index contributed by atoms with van der Waals surface area (Å²) < 4.78 is 5.33. The van der Waals surface area contributed by atoms with Crippen molar-refractivity contribution in [3.63, 3.8) is 0 Å². The highest BCUT2D eigenvalue weighted by atomic mass is 16.3. The third-order valence-electron chi connectivity index (χ3n) is 3.80. The molecule has 0 fully saturated rings. The van der Waals surface area contributed by atoms with Crippen molar-refractivity contribution in [2.45, 2.75) is 32.9 Å². The minimum absolute atomic E-state index is 0.0169. The zero-order valence-corrected chi connectivity index (χ0v) is 12.8. The van der Waals surface area contributed by atoms with Crippen LogP contribution < -0.4 is 10.2 Å². The van der Waals surface area contributed by atoms with E-state index in [0.29, 0.717) is 6.54 Å². The lowest BCUT2D eigenvalue weighted by Crippen LogP contribution is -3.12. The number of carbonyl (C=O) groups excluding carboxylic acids is 1. The van der Waals surface area contributed by atoms with Gasteiger partial charge >= 0.3 is 0 Å². The van der Waals surface area contributed by atoms with E-state index in [-0.39, 0.29) is 11.9 Å². The van der Waals surface area contributed by atoms with Gasteiger partial charge in [-0.2, -0.15) is 0 Å². The Kier molecular flexibility index (Phi) is 5.17. The van der Waals surface area contributed by atoms with Gasteiger partial charge in [-0.3, -0.25) is 4.79 Å². The van der Waals surface area contributed by atoms with Crippen LogP contribution in [-0.2, 0) is 17.8 Å². The minimum Gasteiger partial charge on any atom is -0.463 e. The Hall–Kier alpha value is -2.07. The summed E-state index contributed by atoms with van der Waals surface area (Å²) >= 11 is 0. The third-order valence-corrected chi connectivity index (χ3v) is 3.80. The molecule has 0 radical (unpaired) electrons. The normalized spacial score (nSPS) is 13.7. The molecule has 0 bridgehead atoms. The third kappa shape index (κ3) is 4.20. The molecule has 0 spiro atoms. The second-order valence-electron chi connectivity index (χ2n) is 5.36. The first kappa shape index (κ1) is 15.3. The number of nitrogens with one attached hydrogen (secondary N) is 2. The van der Waals surface area contributed by atoms with Crippen LogP contribution >= 0.6 is 0 Å². The average Bonchev–Trinajstić information content (AvgIpc) is 3.00. The maximum absolute atomic E-state index is 12.3. The van der Waals surface area contributed by atoms with Crippen LogP contribution in [0.4, 0.5) is 5.69 Å². The molecule has 0 aliphatic carbocycles. The van der Waals surface area contributed by atoms with Gasteiger partial charge in [0.15, 0.2) is 11.8 Å². The molecule has 1 amide bonds. The lowest BCUT2D eigenvalue weighted by molar-refractivity contribution is -0.908. The molecule has 2 aromatic rings. The zero-order chi connectivity index (χ0) is 15.2. The van der Waals surface area contributed by atoms with E-state index in [1.165, 1.54) is 5.56 Å². The Morgan fingerprint density at radius 3 is 2.57 bits per heavy atom. The molecule has 4 heteroatoms. The number of hydrogen-bond acceptors (Lipinski definition) is 2. The Bertz CT molecular complexity index is 561. The lowest BCUT2D eigenvalue weighted by Gasteiger charge is -2.20. The van der Waals surface area contributed by atoms with Crippen molar-refractivity contribution in [1.29, 1.82) is 0 Å². The molecule has 0 aliphatic heterocycles. The maximum Gasteiger partial charge on any atom is 0.282 e. The van der Waals surface area contributed by atoms with E-state index in [4.69, 9.17) is 4.42 Å². The number of carbonyl (C=O) groups is 1. The van der Waals surface area contributed by atoms with Crippen LogP contribution in [-0.4, -0.2) is 19.0 Å². The number of benzene rings is 1. The summed E-state index contributed by atoms with van der Waals surface area (Å²) in [7, 11) is 1.99. The molecule has 112 valence electrons. The Morgan fingerprint density at radius 1 is 1.29 bits per heavy atom. The zero-order valence-electron chi connectivity index (χ0n) is 12.8. The van der Waals surface area contributed by atoms with Crippen LogP contribution in [0.15, 0.2) is 47.1 Å². The van der Waals surface area contributed by atoms with E-state index in [2.05, 4.69) is 12.2 Å². The predicted octanol–water partition coefficient (Wildman–Crippen LogP) is 1.88. The summed E-state index contributed by atoms with van der Waals surface area (Å²) in [5.41, 5.74) is 2.11. The van der Waals surface area contributed by atoms with Gasteiger partial charge in [-0.1, -0.05) is 19.1 Å². The number of likely N-dealkylation sites (N-methyl/N-ethyl adjacent to an activating group) is 1. The van der Waals surface area contributed by atoms with Gasteiger partial charge in [0.25, 0.3) is 5.91 Å². The van der Waals surface area contributed by atoms with Crippen molar-refractivity contribution >= 4 is 11.6 Å². The fourth-order valence-electron chi connectivity index (χ4n) is 2.14. The summed E-state index contributed by atoms with van der Waals surface area (Å²) in [6.45, 7) is 4.73. The van der Waals surface area contributed by atoms with Crippen molar-refractivity contribution in [3.8, 4) is 0 Å². The molecule has 2 N–H and O–H groups in total. The highest BCUT2D eigenvalue weighted by Gasteiger charge is 2.22. The van der Waals surface area contributed by atoms with Crippen LogP contribution in [0.2, 0.25) is 0 Å². The molecule has 0 aliphatic rings. The largest absolute Gasteiger partial charge is 0.463 e. The smallest absolute Gasteiger partial charge is 0.282 e. The standard InChI is InChI=1S/C17H22N2O2/c1-4-14-7-9-15(10-8-14)18-17(20)13(2)19(3)12-16-6-5-11-21-16/h5-11,13H,4,12H2,1-3H3,(H,18,20)/p+1/t13-/m1/s1. The van der Waals surface area contributed by atoms with Crippen LogP contribution in [0.5, 0.6) is 0 Å². The molecule has 1 heterocycles. The van der Waals surface area contributed by atoms with Gasteiger partial charge in [-0.15, -0.1) is 0 Å². The van der Waals surface area contributed by atoms with Gasteiger partial charge in [0.1, 0.15) is 6.54 Å². The Balaban J connectivity index is 1.91. The topological polar surface area (TPSA) is 46.7 Å². The number of anilines is 1. The van der Waals surface area contributed by atoms with Crippen molar-refractivity contribution in [2.24, 2.45) is 0 Å². The first-order chi connectivity index (χ1) is 10.1. The molecular formula is C17H23N2O2+. The average molecular weight is 287 g/mol. The number of furan rings is 1. The highest BCUT2D eigenvalue weighted by Crippen LogP contribution is 2.10. The highest BCUT2D eigenvalue weighted by molar-refractivity contribution is 5.93. The summed E-state index contributed by atoms with van der Waals surface area (Å²) in [6, 6.07) is 11.6. The monoisotopic (exact) mass is 287 g/mol. The van der Waals surface area contributed by atoms with Gasteiger partial charge < -0.3 is 14.6 Å². The Labute approximate surface area is 125 Å². The van der Waals surface area contributed by atoms with E-state index in [9.17, 15) is 4.79 Å².